The van der Waals surface area contributed by atoms with Crippen molar-refractivity contribution in [2.45, 2.75) is 121 Å². The molecule has 2 fully saturated rings. The Morgan fingerprint density at radius 3 is 1.87 bits per heavy atom. The molecule has 10 N–H and O–H groups in total. The number of aliphatic hydroxyl groups is 6. The molecule has 2 aromatic heterocycles. The second-order valence-corrected chi connectivity index (χ2v) is 22.7. The van der Waals surface area contributed by atoms with Crippen LogP contribution in [0, 0.1) is 0 Å². The molecule has 0 bridgehead atoms. The first-order chi connectivity index (χ1) is 43.5. The SMILES string of the molecule is CCN(C)c1ccc2c(c1)Oc1cc(N(CC)CC)ccc1C21c2ccccc2C(=O)N1CCOCCOCCOCCn1cc(CN(CC2=CN([C@H]3OC(CO)[C@@H](O)[C@H](O)C3NC(C)=O)NN2)Cc2cn([C@H]3OC(CO)[C@H](O)[C@@H](O)C3NC(C)=O)nn2)nn1. The third-order valence-electron chi connectivity index (χ3n) is 16.9. The number of anilines is 2. The maximum atomic E-state index is 14.6. The summed E-state index contributed by atoms with van der Waals surface area (Å²) in [6, 6.07) is 18.1. The monoisotopic (exact) mass is 1250 g/mol. The van der Waals surface area contributed by atoms with Gasteiger partial charge in [0.1, 0.15) is 65.7 Å². The fourth-order valence-electron chi connectivity index (χ4n) is 12.3. The Balaban J connectivity index is 0.741. The van der Waals surface area contributed by atoms with Crippen molar-refractivity contribution in [3.05, 3.63) is 119 Å². The number of rotatable bonds is 29. The van der Waals surface area contributed by atoms with Crippen LogP contribution in [-0.2, 0) is 58.4 Å². The maximum absolute atomic E-state index is 14.6. The van der Waals surface area contributed by atoms with Crippen LogP contribution < -0.4 is 36.1 Å². The first kappa shape index (κ1) is 65.5. The number of ether oxygens (including phenoxy) is 6. The van der Waals surface area contributed by atoms with Crippen LogP contribution in [0.25, 0.3) is 0 Å². The molecule has 1 spiro atoms. The number of aromatic nitrogens is 6. The minimum Gasteiger partial charge on any atom is -0.456 e. The molecule has 488 valence electrons. The zero-order valence-electron chi connectivity index (χ0n) is 51.4. The van der Waals surface area contributed by atoms with Crippen LogP contribution in [0.4, 0.5) is 11.4 Å². The minimum atomic E-state index is -1.51. The van der Waals surface area contributed by atoms with E-state index in [2.05, 4.69) is 109 Å². The van der Waals surface area contributed by atoms with Gasteiger partial charge in [0, 0.05) is 119 Å². The summed E-state index contributed by atoms with van der Waals surface area (Å²) >= 11 is 0. The number of benzene rings is 3. The molecule has 7 heterocycles. The van der Waals surface area contributed by atoms with E-state index in [-0.39, 0.29) is 32.1 Å². The largest absolute Gasteiger partial charge is 0.456 e. The second kappa shape index (κ2) is 29.2. The lowest BCUT2D eigenvalue weighted by Gasteiger charge is -2.45. The highest BCUT2D eigenvalue weighted by Gasteiger charge is 2.56. The molecular weight excluding hydrogens is 1170 g/mol. The first-order valence-corrected chi connectivity index (χ1v) is 30.4. The van der Waals surface area contributed by atoms with Crippen LogP contribution in [0.1, 0.15) is 79.3 Å². The Bertz CT molecular complexity index is 3300. The molecule has 2 saturated heterocycles. The Hall–Kier alpha value is -7.43. The fourth-order valence-corrected chi connectivity index (χ4v) is 12.3. The van der Waals surface area contributed by atoms with Crippen molar-refractivity contribution in [3.63, 3.8) is 0 Å². The Labute approximate surface area is 520 Å². The van der Waals surface area contributed by atoms with E-state index in [1.54, 1.807) is 23.3 Å². The van der Waals surface area contributed by atoms with Gasteiger partial charge in [0.15, 0.2) is 12.5 Å². The second-order valence-electron chi connectivity index (χ2n) is 22.7. The zero-order chi connectivity index (χ0) is 63.8. The van der Waals surface area contributed by atoms with Gasteiger partial charge in [0.2, 0.25) is 11.8 Å². The van der Waals surface area contributed by atoms with Crippen molar-refractivity contribution >= 4 is 29.1 Å². The van der Waals surface area contributed by atoms with Crippen LogP contribution in [0.2, 0.25) is 0 Å². The molecule has 5 aromatic rings. The highest BCUT2D eigenvalue weighted by Crippen LogP contribution is 2.58. The lowest BCUT2D eigenvalue weighted by Crippen LogP contribution is -2.68. The number of carbonyl (C=O) groups is 3. The van der Waals surface area contributed by atoms with E-state index in [0.717, 1.165) is 47.7 Å². The van der Waals surface area contributed by atoms with Crippen LogP contribution >= 0.6 is 0 Å². The van der Waals surface area contributed by atoms with Crippen molar-refractivity contribution in [2.24, 2.45) is 0 Å². The number of carbonyl (C=O) groups excluding carboxylic acids is 3. The van der Waals surface area contributed by atoms with E-state index in [0.29, 0.717) is 80.3 Å². The smallest absolute Gasteiger partial charge is 0.255 e. The number of aliphatic hydroxyl groups excluding tert-OH is 6. The Morgan fingerprint density at radius 1 is 0.678 bits per heavy atom. The fraction of sp³-hybridized carbons (Fsp3) is 0.550. The summed E-state index contributed by atoms with van der Waals surface area (Å²) in [4.78, 5) is 47.3. The van der Waals surface area contributed by atoms with Gasteiger partial charge < -0.3 is 89.8 Å². The minimum absolute atomic E-state index is 0.0843. The van der Waals surface area contributed by atoms with E-state index in [9.17, 15) is 45.0 Å². The summed E-state index contributed by atoms with van der Waals surface area (Å²) in [6.45, 7) is 13.1. The van der Waals surface area contributed by atoms with Crippen molar-refractivity contribution in [2.75, 3.05) is 102 Å². The summed E-state index contributed by atoms with van der Waals surface area (Å²) in [5.41, 5.74) is 12.0. The molecule has 10 rings (SSSR count). The summed E-state index contributed by atoms with van der Waals surface area (Å²) < 4.78 is 39.6. The molecule has 5 aliphatic rings. The lowest BCUT2D eigenvalue weighted by molar-refractivity contribution is -0.231. The van der Waals surface area contributed by atoms with Gasteiger partial charge in [0.05, 0.1) is 82.7 Å². The Kier molecular flexibility index (Phi) is 21.3. The van der Waals surface area contributed by atoms with E-state index < -0.39 is 91.7 Å². The third kappa shape index (κ3) is 13.8. The van der Waals surface area contributed by atoms with E-state index >= 15 is 0 Å². The summed E-state index contributed by atoms with van der Waals surface area (Å²) in [6.07, 6.45) is -5.61. The summed E-state index contributed by atoms with van der Waals surface area (Å²) in [7, 11) is 2.04. The third-order valence-corrected chi connectivity index (χ3v) is 16.9. The van der Waals surface area contributed by atoms with Gasteiger partial charge in [-0.05, 0) is 44.5 Å². The van der Waals surface area contributed by atoms with Gasteiger partial charge in [-0.1, -0.05) is 40.8 Å². The molecule has 90 heavy (non-hydrogen) atoms. The summed E-state index contributed by atoms with van der Waals surface area (Å²) in [5.74, 6) is 0.334. The normalized spacial score (nSPS) is 25.2. The number of hydrazine groups is 2. The lowest BCUT2D eigenvalue weighted by atomic mass is 9.74. The molecule has 11 atom stereocenters. The number of fused-ring (bicyclic) bond motifs is 6. The van der Waals surface area contributed by atoms with Gasteiger partial charge in [-0.15, -0.1) is 15.7 Å². The van der Waals surface area contributed by atoms with E-state index in [1.165, 1.54) is 23.5 Å². The molecule has 30 nitrogen and oxygen atoms in total. The van der Waals surface area contributed by atoms with Crippen molar-refractivity contribution in [1.82, 2.24) is 66.4 Å². The van der Waals surface area contributed by atoms with Crippen LogP contribution in [0.15, 0.2) is 85.0 Å². The predicted octanol–water partition coefficient (Wildman–Crippen LogP) is -0.996. The Morgan fingerprint density at radius 2 is 1.24 bits per heavy atom. The van der Waals surface area contributed by atoms with Gasteiger partial charge in [0.25, 0.3) is 5.91 Å². The topological polar surface area (TPSA) is 354 Å². The standard InChI is InChI=1S/C60H83N15O15/c1-7-69(6)41-14-16-45-47(26-41)88-48-27-42(71(8-2)9-3)15-17-46(48)60(45)44-13-11-10-12-43(44)57(84)73(60)19-21-86-23-25-87-24-22-85-20-18-72-31-38(63-66-72)28-70(29-39-32-74(67-64-39)58-51(61-36(4)78)55(82)53(80)49(34-76)89-58)30-40-33-75(68-65-40)59-52(62-37(5)79)56(83)54(81)50(35-77)90-59/h10-17,26-27,31-33,49-56,58-59,64,67,76-77,80-83H,7-9,18-25,28-30,34-35H2,1-6H3,(H,61,78)(H,62,79)/t49?,50?,51?,52?,53-,54+,55-,56+,58+,59+,60?/m1/s1. The first-order valence-electron chi connectivity index (χ1n) is 30.4. The average molecular weight is 1250 g/mol. The van der Waals surface area contributed by atoms with Crippen molar-refractivity contribution in [1.29, 1.82) is 0 Å². The van der Waals surface area contributed by atoms with Gasteiger partial charge in [-0.3, -0.25) is 24.3 Å². The van der Waals surface area contributed by atoms with Crippen LogP contribution in [-0.4, -0.2) is 241 Å². The number of hydrogen-bond donors (Lipinski definition) is 10. The number of amides is 3. The zero-order valence-corrected chi connectivity index (χ0v) is 51.4. The molecule has 5 aliphatic heterocycles. The van der Waals surface area contributed by atoms with Crippen LogP contribution in [0.5, 0.6) is 11.5 Å². The number of nitrogens with zero attached hydrogens (tertiary/aromatic N) is 11. The number of nitrogens with one attached hydrogen (secondary N) is 4. The molecule has 3 amide bonds. The molecule has 5 unspecified atom stereocenters. The summed E-state index contributed by atoms with van der Waals surface area (Å²) in [5, 5.41) is 87.1. The van der Waals surface area contributed by atoms with Crippen LogP contribution in [0.3, 0.4) is 0 Å². The van der Waals surface area contributed by atoms with Gasteiger partial charge >= 0.3 is 0 Å². The molecule has 0 saturated carbocycles. The van der Waals surface area contributed by atoms with Crippen molar-refractivity contribution in [3.8, 4) is 11.5 Å². The number of hydrogen-bond acceptors (Lipinski definition) is 25. The van der Waals surface area contributed by atoms with E-state index in [4.69, 9.17) is 28.4 Å². The predicted molar refractivity (Wildman–Crippen MR) is 322 cm³/mol. The average Bonchev–Trinajstić information content (AvgIpc) is 1.45. The molecule has 0 radical (unpaired) electrons. The molecule has 30 heteroatoms. The molecule has 0 aliphatic carbocycles. The van der Waals surface area contributed by atoms with Gasteiger partial charge in [-0.25, -0.2) is 9.36 Å². The van der Waals surface area contributed by atoms with E-state index in [1.807, 2.05) is 41.1 Å². The molecular formula is C60H83N15O15. The molecule has 3 aromatic carbocycles. The highest BCUT2D eigenvalue weighted by atomic mass is 16.6. The van der Waals surface area contributed by atoms with Crippen molar-refractivity contribution < 1.29 is 73.4 Å². The quantitative estimate of drug-likeness (QED) is 0.0257. The van der Waals surface area contributed by atoms with Gasteiger partial charge in [-0.2, -0.15) is 0 Å². The maximum Gasteiger partial charge on any atom is 0.255 e. The highest BCUT2D eigenvalue weighted by molar-refractivity contribution is 6.02.